The van der Waals surface area contributed by atoms with Crippen LogP contribution in [0.5, 0.6) is 0 Å². The Morgan fingerprint density at radius 2 is 2.00 bits per heavy atom. The molecule has 12 heavy (non-hydrogen) atoms. The second kappa shape index (κ2) is 4.04. The lowest BCUT2D eigenvalue weighted by atomic mass is 9.98. The van der Waals surface area contributed by atoms with Crippen LogP contribution in [0.1, 0.15) is 20.8 Å². The summed E-state index contributed by atoms with van der Waals surface area (Å²) in [6, 6.07) is 0. The molecule has 0 N–H and O–H groups in total. The maximum absolute atomic E-state index is 11.1. The third-order valence-corrected chi connectivity index (χ3v) is 1.13. The van der Waals surface area contributed by atoms with Crippen LogP contribution in [0.3, 0.4) is 0 Å². The van der Waals surface area contributed by atoms with E-state index in [4.69, 9.17) is 4.74 Å². The topological polar surface area (TPSA) is 59.0 Å². The van der Waals surface area contributed by atoms with Crippen LogP contribution in [0, 0.1) is 10.3 Å². The van der Waals surface area contributed by atoms with Gasteiger partial charge in [0.15, 0.2) is 6.73 Å². The molecule has 5 heteroatoms. The fraction of sp³-hybridized carbons (Fsp3) is 0.857. The first-order valence-corrected chi connectivity index (χ1v) is 3.59. The van der Waals surface area contributed by atoms with E-state index < -0.39 is 5.41 Å². The van der Waals surface area contributed by atoms with Gasteiger partial charge in [-0.05, 0) is 20.8 Å². The summed E-state index contributed by atoms with van der Waals surface area (Å²) >= 11 is 0. The number of nitrogens with zero attached hydrogens (tertiary/aromatic N) is 2. The van der Waals surface area contributed by atoms with Gasteiger partial charge in [-0.15, -0.1) is 4.91 Å². The quantitative estimate of drug-likeness (QED) is 0.278. The Kier molecular flexibility index (Phi) is 3.66. The van der Waals surface area contributed by atoms with Gasteiger partial charge in [-0.2, -0.15) is 0 Å². The molecule has 0 aromatic rings. The maximum Gasteiger partial charge on any atom is 0.312 e. The minimum Gasteiger partial charge on any atom is -0.442 e. The van der Waals surface area contributed by atoms with Gasteiger partial charge in [0, 0.05) is 7.05 Å². The lowest BCUT2D eigenvalue weighted by Crippen LogP contribution is -2.27. The largest absolute Gasteiger partial charge is 0.442 e. The summed E-state index contributed by atoms with van der Waals surface area (Å²) in [6.45, 7) is 5.12. The van der Waals surface area contributed by atoms with Crippen LogP contribution in [0.15, 0.2) is 5.29 Å². The molecule has 0 aliphatic rings. The fourth-order valence-electron chi connectivity index (χ4n) is 0.392. The van der Waals surface area contributed by atoms with E-state index in [1.807, 2.05) is 0 Å². The number of esters is 1. The molecule has 0 fully saturated rings. The first kappa shape index (κ1) is 10.9. The van der Waals surface area contributed by atoms with E-state index >= 15 is 0 Å². The Bertz CT molecular complexity index is 174. The lowest BCUT2D eigenvalue weighted by Gasteiger charge is -2.17. The molecule has 0 atom stereocenters. The Hall–Kier alpha value is -1.13. The Morgan fingerprint density at radius 3 is 2.33 bits per heavy atom. The van der Waals surface area contributed by atoms with E-state index in [2.05, 4.69) is 5.29 Å². The van der Waals surface area contributed by atoms with Crippen molar-refractivity contribution in [2.45, 2.75) is 20.8 Å². The fourth-order valence-corrected chi connectivity index (χ4v) is 0.392. The van der Waals surface area contributed by atoms with Gasteiger partial charge in [-0.3, -0.25) is 4.79 Å². The van der Waals surface area contributed by atoms with Crippen LogP contribution < -0.4 is 0 Å². The van der Waals surface area contributed by atoms with Crippen molar-refractivity contribution < 1.29 is 9.53 Å². The van der Waals surface area contributed by atoms with Crippen molar-refractivity contribution in [3.63, 3.8) is 0 Å². The number of rotatable bonds is 3. The molecule has 0 radical (unpaired) electrons. The van der Waals surface area contributed by atoms with Crippen molar-refractivity contribution in [3.05, 3.63) is 4.91 Å². The average Bonchev–Trinajstić information content (AvgIpc) is 1.97. The van der Waals surface area contributed by atoms with E-state index in [-0.39, 0.29) is 12.7 Å². The summed E-state index contributed by atoms with van der Waals surface area (Å²) in [5.41, 5.74) is -0.538. The molecule has 70 valence electrons. The molecule has 0 saturated heterocycles. The van der Waals surface area contributed by atoms with Gasteiger partial charge in [0.05, 0.1) is 10.7 Å². The molecule has 0 heterocycles. The van der Waals surface area contributed by atoms with Crippen molar-refractivity contribution in [2.75, 3.05) is 13.8 Å². The number of hydrogen-bond donors (Lipinski definition) is 0. The zero-order chi connectivity index (χ0) is 9.78. The smallest absolute Gasteiger partial charge is 0.312 e. The van der Waals surface area contributed by atoms with Gasteiger partial charge in [0.25, 0.3) is 0 Å². The van der Waals surface area contributed by atoms with Crippen LogP contribution in [-0.4, -0.2) is 24.8 Å². The average molecular weight is 174 g/mol. The standard InChI is InChI=1S/C7H14N2O3/c1-7(2,3)6(10)12-5-9(4)8-11/h5H2,1-4H3. The summed E-state index contributed by atoms with van der Waals surface area (Å²) in [6.07, 6.45) is 0. The van der Waals surface area contributed by atoms with E-state index in [1.165, 1.54) is 7.05 Å². The highest BCUT2D eigenvalue weighted by atomic mass is 16.6. The molecule has 0 aliphatic heterocycles. The van der Waals surface area contributed by atoms with Gasteiger partial charge in [-0.25, -0.2) is 5.01 Å². The van der Waals surface area contributed by atoms with E-state index in [0.717, 1.165) is 5.01 Å². The third kappa shape index (κ3) is 3.90. The molecule has 0 saturated carbocycles. The summed E-state index contributed by atoms with van der Waals surface area (Å²) < 4.78 is 4.75. The number of carbonyl (C=O) groups is 1. The van der Waals surface area contributed by atoms with Gasteiger partial charge in [0.2, 0.25) is 0 Å². The van der Waals surface area contributed by atoms with Crippen molar-refractivity contribution >= 4 is 5.97 Å². The van der Waals surface area contributed by atoms with Crippen molar-refractivity contribution in [2.24, 2.45) is 10.7 Å². The van der Waals surface area contributed by atoms with Crippen molar-refractivity contribution in [1.29, 1.82) is 0 Å². The molecule has 0 rings (SSSR count). The molecule has 0 aromatic carbocycles. The predicted octanol–water partition coefficient (Wildman–Crippen LogP) is 1.15. The molecule has 0 bridgehead atoms. The van der Waals surface area contributed by atoms with E-state index in [9.17, 15) is 9.70 Å². The monoisotopic (exact) mass is 174 g/mol. The van der Waals surface area contributed by atoms with Crippen LogP contribution in [0.2, 0.25) is 0 Å². The molecule has 5 nitrogen and oxygen atoms in total. The molecule has 0 aliphatic carbocycles. The SMILES string of the molecule is CN(COC(=O)C(C)(C)C)N=O. The highest BCUT2D eigenvalue weighted by Crippen LogP contribution is 2.14. The zero-order valence-electron chi connectivity index (χ0n) is 7.83. The molecule has 0 aromatic heterocycles. The van der Waals surface area contributed by atoms with Crippen LogP contribution in [0.4, 0.5) is 0 Å². The molecular weight excluding hydrogens is 160 g/mol. The highest BCUT2D eigenvalue weighted by Gasteiger charge is 2.23. The first-order chi connectivity index (χ1) is 5.38. The third-order valence-electron chi connectivity index (χ3n) is 1.13. The van der Waals surface area contributed by atoms with Crippen LogP contribution in [-0.2, 0) is 9.53 Å². The zero-order valence-corrected chi connectivity index (χ0v) is 7.83. The van der Waals surface area contributed by atoms with Crippen LogP contribution in [0.25, 0.3) is 0 Å². The molecule has 0 unspecified atom stereocenters. The van der Waals surface area contributed by atoms with Crippen molar-refractivity contribution in [3.8, 4) is 0 Å². The number of ether oxygens (including phenoxy) is 1. The van der Waals surface area contributed by atoms with Gasteiger partial charge in [0.1, 0.15) is 0 Å². The minimum atomic E-state index is -0.538. The summed E-state index contributed by atoms with van der Waals surface area (Å²) in [7, 11) is 1.43. The lowest BCUT2D eigenvalue weighted by molar-refractivity contribution is -0.157. The Labute approximate surface area is 71.6 Å². The summed E-state index contributed by atoms with van der Waals surface area (Å²) in [4.78, 5) is 20.9. The second-order valence-corrected chi connectivity index (χ2v) is 3.55. The minimum absolute atomic E-state index is 0.0976. The molecule has 0 amide bonds. The molecule has 0 spiro atoms. The van der Waals surface area contributed by atoms with Crippen LogP contribution >= 0.6 is 0 Å². The maximum atomic E-state index is 11.1. The van der Waals surface area contributed by atoms with Gasteiger partial charge in [-0.1, -0.05) is 0 Å². The van der Waals surface area contributed by atoms with E-state index in [1.54, 1.807) is 20.8 Å². The number of carbonyl (C=O) groups excluding carboxylic acids is 1. The van der Waals surface area contributed by atoms with Gasteiger partial charge >= 0.3 is 5.97 Å². The van der Waals surface area contributed by atoms with E-state index in [0.29, 0.717) is 0 Å². The van der Waals surface area contributed by atoms with Gasteiger partial charge < -0.3 is 4.74 Å². The first-order valence-electron chi connectivity index (χ1n) is 3.59. The Morgan fingerprint density at radius 1 is 1.50 bits per heavy atom. The summed E-state index contributed by atoms with van der Waals surface area (Å²) in [5, 5.41) is 3.55. The second-order valence-electron chi connectivity index (χ2n) is 3.55. The normalized spacial score (nSPS) is 10.7. The highest BCUT2D eigenvalue weighted by molar-refractivity contribution is 5.75. The van der Waals surface area contributed by atoms with Crippen molar-refractivity contribution in [1.82, 2.24) is 5.01 Å². The molecular formula is C7H14N2O3. The number of nitroso groups, excluding NO2 is 1. The number of hydrogen-bond acceptors (Lipinski definition) is 4. The predicted molar refractivity (Wildman–Crippen MR) is 44.0 cm³/mol. The summed E-state index contributed by atoms with van der Waals surface area (Å²) in [5.74, 6) is -0.349. The Balaban J connectivity index is 3.80.